The average molecular weight is 428 g/mol. The van der Waals surface area contributed by atoms with Gasteiger partial charge >= 0.3 is 0 Å². The van der Waals surface area contributed by atoms with Crippen LogP contribution in [0.15, 0.2) is 81.9 Å². The molecule has 2 aromatic heterocycles. The molecule has 3 heterocycles. The number of hydrogen-bond acceptors (Lipinski definition) is 6. The second kappa shape index (κ2) is 8.50. The molecule has 5 rings (SSSR count). The van der Waals surface area contributed by atoms with Gasteiger partial charge in [-0.1, -0.05) is 47.6 Å². The van der Waals surface area contributed by atoms with Crippen LogP contribution in [-0.2, 0) is 0 Å². The number of furan rings is 1. The van der Waals surface area contributed by atoms with E-state index in [4.69, 9.17) is 8.94 Å². The average Bonchev–Trinajstić information content (AvgIpc) is 3.57. The summed E-state index contributed by atoms with van der Waals surface area (Å²) in [7, 11) is 0. The monoisotopic (exact) mass is 428 g/mol. The molecule has 160 valence electrons. The van der Waals surface area contributed by atoms with Gasteiger partial charge in [-0.15, -0.1) is 0 Å². The van der Waals surface area contributed by atoms with Crippen molar-refractivity contribution >= 4 is 11.8 Å². The molecule has 8 nitrogen and oxygen atoms in total. The van der Waals surface area contributed by atoms with Gasteiger partial charge in [0.15, 0.2) is 5.76 Å². The summed E-state index contributed by atoms with van der Waals surface area (Å²) in [5.74, 6) is 0.764. The molecule has 32 heavy (non-hydrogen) atoms. The maximum atomic E-state index is 13.3. The van der Waals surface area contributed by atoms with Crippen LogP contribution in [0.5, 0.6) is 0 Å². The van der Waals surface area contributed by atoms with Crippen LogP contribution in [0, 0.1) is 0 Å². The summed E-state index contributed by atoms with van der Waals surface area (Å²) >= 11 is 0. The third-order valence-electron chi connectivity index (χ3n) is 5.43. The lowest BCUT2D eigenvalue weighted by molar-refractivity contribution is 0.0518. The van der Waals surface area contributed by atoms with Gasteiger partial charge in [0.25, 0.3) is 17.7 Å². The molecule has 0 bridgehead atoms. The Bertz CT molecular complexity index is 1230. The Morgan fingerprint density at radius 3 is 2.19 bits per heavy atom. The van der Waals surface area contributed by atoms with Gasteiger partial charge in [-0.3, -0.25) is 9.59 Å². The molecule has 8 heteroatoms. The fourth-order valence-corrected chi connectivity index (χ4v) is 3.73. The van der Waals surface area contributed by atoms with E-state index in [1.54, 1.807) is 34.1 Å². The highest BCUT2D eigenvalue weighted by Gasteiger charge is 2.28. The fourth-order valence-electron chi connectivity index (χ4n) is 3.73. The van der Waals surface area contributed by atoms with Crippen LogP contribution in [0.3, 0.4) is 0 Å². The van der Waals surface area contributed by atoms with Crippen LogP contribution in [0.4, 0.5) is 0 Å². The maximum absolute atomic E-state index is 13.3. The predicted octanol–water partition coefficient (Wildman–Crippen LogP) is 3.59. The highest BCUT2D eigenvalue weighted by Crippen LogP contribution is 2.26. The first-order valence-corrected chi connectivity index (χ1v) is 10.3. The van der Waals surface area contributed by atoms with E-state index in [-0.39, 0.29) is 11.8 Å². The maximum Gasteiger partial charge on any atom is 0.289 e. The number of aromatic nitrogens is 2. The number of carbonyl (C=O) groups is 2. The van der Waals surface area contributed by atoms with Gasteiger partial charge in [-0.2, -0.15) is 4.98 Å². The first kappa shape index (κ1) is 19.7. The van der Waals surface area contributed by atoms with E-state index in [0.717, 1.165) is 5.56 Å². The molecular formula is C24H20N4O4. The zero-order valence-electron chi connectivity index (χ0n) is 17.2. The summed E-state index contributed by atoms with van der Waals surface area (Å²) in [6, 6.07) is 20.0. The molecule has 2 aromatic carbocycles. The van der Waals surface area contributed by atoms with Crippen molar-refractivity contribution in [2.75, 3.05) is 26.2 Å². The van der Waals surface area contributed by atoms with E-state index in [0.29, 0.717) is 54.8 Å². The van der Waals surface area contributed by atoms with E-state index in [1.165, 1.54) is 6.26 Å². The first-order valence-electron chi connectivity index (χ1n) is 10.3. The lowest BCUT2D eigenvalue weighted by Crippen LogP contribution is -2.50. The predicted molar refractivity (Wildman–Crippen MR) is 116 cm³/mol. The summed E-state index contributed by atoms with van der Waals surface area (Å²) in [4.78, 5) is 33.7. The molecular weight excluding hydrogens is 408 g/mol. The van der Waals surface area contributed by atoms with E-state index >= 15 is 0 Å². The molecule has 0 aliphatic carbocycles. The van der Waals surface area contributed by atoms with Crippen LogP contribution in [0.25, 0.3) is 22.8 Å². The molecule has 0 saturated carbocycles. The van der Waals surface area contributed by atoms with Gasteiger partial charge < -0.3 is 18.7 Å². The number of nitrogens with zero attached hydrogens (tertiary/aromatic N) is 4. The lowest BCUT2D eigenvalue weighted by atomic mass is 10.1. The molecule has 1 saturated heterocycles. The Morgan fingerprint density at radius 2 is 1.47 bits per heavy atom. The van der Waals surface area contributed by atoms with Crippen molar-refractivity contribution in [3.8, 4) is 22.8 Å². The summed E-state index contributed by atoms with van der Waals surface area (Å²) in [6.07, 6.45) is 1.48. The molecule has 0 unspecified atom stereocenters. The quantitative estimate of drug-likeness (QED) is 0.493. The molecule has 0 radical (unpaired) electrons. The second-order valence-electron chi connectivity index (χ2n) is 7.40. The molecule has 4 aromatic rings. The highest BCUT2D eigenvalue weighted by atomic mass is 16.5. The Hall–Kier alpha value is -4.20. The number of hydrogen-bond donors (Lipinski definition) is 0. The number of carbonyl (C=O) groups excluding carboxylic acids is 2. The number of benzene rings is 2. The van der Waals surface area contributed by atoms with Crippen molar-refractivity contribution in [3.63, 3.8) is 0 Å². The summed E-state index contributed by atoms with van der Waals surface area (Å²) in [6.45, 7) is 1.73. The fraction of sp³-hybridized carbons (Fsp3) is 0.167. The van der Waals surface area contributed by atoms with Crippen molar-refractivity contribution < 1.29 is 18.5 Å². The zero-order chi connectivity index (χ0) is 21.9. The smallest absolute Gasteiger partial charge is 0.289 e. The van der Waals surface area contributed by atoms with Crippen LogP contribution >= 0.6 is 0 Å². The van der Waals surface area contributed by atoms with Crippen molar-refractivity contribution in [1.82, 2.24) is 19.9 Å². The summed E-state index contributed by atoms with van der Waals surface area (Å²) < 4.78 is 10.7. The number of rotatable bonds is 4. The van der Waals surface area contributed by atoms with Gasteiger partial charge in [0.2, 0.25) is 5.82 Å². The van der Waals surface area contributed by atoms with Gasteiger partial charge in [0.1, 0.15) is 0 Å². The Morgan fingerprint density at radius 1 is 0.781 bits per heavy atom. The lowest BCUT2D eigenvalue weighted by Gasteiger charge is -2.34. The SMILES string of the molecule is O=C(c1ccco1)N1CCN(C(=O)c2ccccc2-c2nc(-c3ccccc3)no2)CC1. The minimum Gasteiger partial charge on any atom is -0.459 e. The van der Waals surface area contributed by atoms with Crippen molar-refractivity contribution in [2.45, 2.75) is 0 Å². The Balaban J connectivity index is 1.33. The summed E-state index contributed by atoms with van der Waals surface area (Å²) in [5, 5.41) is 4.07. The molecule has 2 amide bonds. The normalized spacial score (nSPS) is 13.9. The molecule has 1 aliphatic rings. The highest BCUT2D eigenvalue weighted by molar-refractivity contribution is 6.00. The van der Waals surface area contributed by atoms with Gasteiger partial charge in [0, 0.05) is 31.7 Å². The minimum absolute atomic E-state index is 0.134. The molecule has 1 fully saturated rings. The van der Waals surface area contributed by atoms with E-state index in [9.17, 15) is 9.59 Å². The van der Waals surface area contributed by atoms with Gasteiger partial charge in [-0.25, -0.2) is 0 Å². The van der Waals surface area contributed by atoms with E-state index in [2.05, 4.69) is 10.1 Å². The summed E-state index contributed by atoms with van der Waals surface area (Å²) in [5.41, 5.74) is 1.91. The van der Waals surface area contributed by atoms with Gasteiger partial charge in [0.05, 0.1) is 17.4 Å². The standard InChI is InChI=1S/C24H20N4O4/c29-23(27-12-14-28(15-13-27)24(30)20-11-6-16-31-20)19-10-5-4-9-18(19)22-25-21(26-32-22)17-7-2-1-3-8-17/h1-11,16H,12-15H2. The third-order valence-corrected chi connectivity index (χ3v) is 5.43. The van der Waals surface area contributed by atoms with Crippen molar-refractivity contribution in [3.05, 3.63) is 84.3 Å². The Labute approximate surface area is 184 Å². The molecule has 1 aliphatic heterocycles. The first-order chi connectivity index (χ1) is 15.7. The number of amides is 2. The molecule has 0 atom stereocenters. The molecule has 0 spiro atoms. The number of piperazine rings is 1. The minimum atomic E-state index is -0.165. The second-order valence-corrected chi connectivity index (χ2v) is 7.40. The third kappa shape index (κ3) is 3.78. The topological polar surface area (TPSA) is 92.7 Å². The Kier molecular flexibility index (Phi) is 5.25. The van der Waals surface area contributed by atoms with Crippen LogP contribution in [-0.4, -0.2) is 57.9 Å². The van der Waals surface area contributed by atoms with Crippen LogP contribution in [0.1, 0.15) is 20.9 Å². The van der Waals surface area contributed by atoms with Crippen LogP contribution in [0.2, 0.25) is 0 Å². The zero-order valence-corrected chi connectivity index (χ0v) is 17.2. The largest absolute Gasteiger partial charge is 0.459 e. The molecule has 0 N–H and O–H groups in total. The van der Waals surface area contributed by atoms with Crippen molar-refractivity contribution in [1.29, 1.82) is 0 Å². The van der Waals surface area contributed by atoms with E-state index in [1.807, 2.05) is 42.5 Å². The van der Waals surface area contributed by atoms with Crippen molar-refractivity contribution in [2.24, 2.45) is 0 Å². The van der Waals surface area contributed by atoms with Crippen LogP contribution < -0.4 is 0 Å². The van der Waals surface area contributed by atoms with E-state index < -0.39 is 0 Å². The van der Waals surface area contributed by atoms with Gasteiger partial charge in [-0.05, 0) is 24.3 Å².